The number of nitrogens with one attached hydrogen (secondary N) is 1. The van der Waals surface area contributed by atoms with Crippen molar-refractivity contribution in [2.45, 2.75) is 6.18 Å². The third-order valence-corrected chi connectivity index (χ3v) is 4.39. The molecule has 0 aliphatic heterocycles. The van der Waals surface area contributed by atoms with E-state index in [2.05, 4.69) is 33.0 Å². The number of aromatic nitrogens is 2. The van der Waals surface area contributed by atoms with Crippen LogP contribution < -0.4 is 5.32 Å². The third kappa shape index (κ3) is 4.01. The fourth-order valence-corrected chi connectivity index (χ4v) is 2.87. The Bertz CT molecular complexity index is 955. The summed E-state index contributed by atoms with van der Waals surface area (Å²) >= 11 is 7.93. The quantitative estimate of drug-likeness (QED) is 0.499. The van der Waals surface area contributed by atoms with Crippen LogP contribution in [0.3, 0.4) is 0 Å². The highest BCUT2D eigenvalue weighted by Crippen LogP contribution is 2.34. The van der Waals surface area contributed by atoms with Crippen LogP contribution >= 0.6 is 34.2 Å². The van der Waals surface area contributed by atoms with Crippen molar-refractivity contribution in [3.63, 3.8) is 0 Å². The summed E-state index contributed by atoms with van der Waals surface area (Å²) in [6.07, 6.45) is -3.89. The van der Waals surface area contributed by atoms with E-state index >= 15 is 0 Å². The summed E-state index contributed by atoms with van der Waals surface area (Å²) in [5, 5.41) is 6.46. The Hall–Kier alpha value is -2.07. The lowest BCUT2D eigenvalue weighted by Gasteiger charge is -2.13. The molecule has 9 heteroatoms. The molecule has 0 aliphatic rings. The fraction of sp³-hybridized carbons (Fsp3) is 0.0588. The van der Waals surface area contributed by atoms with Crippen molar-refractivity contribution in [2.75, 3.05) is 5.32 Å². The highest BCUT2D eigenvalue weighted by Gasteiger charge is 2.40. The fourth-order valence-electron chi connectivity index (χ4n) is 2.32. The number of hydrogen-bond donors (Lipinski definition) is 1. The van der Waals surface area contributed by atoms with Gasteiger partial charge in [0.25, 0.3) is 5.91 Å². The van der Waals surface area contributed by atoms with E-state index in [-0.39, 0.29) is 10.7 Å². The van der Waals surface area contributed by atoms with Crippen LogP contribution in [0.4, 0.5) is 18.9 Å². The molecule has 1 N–H and O–H groups in total. The van der Waals surface area contributed by atoms with Crippen LogP contribution in [-0.4, -0.2) is 15.7 Å². The van der Waals surface area contributed by atoms with Gasteiger partial charge >= 0.3 is 6.18 Å². The second-order valence-electron chi connectivity index (χ2n) is 5.26. The SMILES string of the molecule is O=C(Nc1ccc(I)cc1)c1cnn(-c2cccc(Cl)c2)c1C(F)(F)F. The van der Waals surface area contributed by atoms with Gasteiger partial charge in [-0.3, -0.25) is 4.79 Å². The topological polar surface area (TPSA) is 46.9 Å². The number of benzene rings is 2. The van der Waals surface area contributed by atoms with E-state index in [1.54, 1.807) is 24.3 Å². The minimum absolute atomic E-state index is 0.109. The Labute approximate surface area is 165 Å². The van der Waals surface area contributed by atoms with Gasteiger partial charge in [0, 0.05) is 14.3 Å². The molecule has 0 unspecified atom stereocenters. The monoisotopic (exact) mass is 491 g/mol. The van der Waals surface area contributed by atoms with Crippen LogP contribution in [0.1, 0.15) is 16.1 Å². The summed E-state index contributed by atoms with van der Waals surface area (Å²) in [5.41, 5.74) is -1.24. The maximum Gasteiger partial charge on any atom is 0.434 e. The van der Waals surface area contributed by atoms with E-state index in [4.69, 9.17) is 11.6 Å². The van der Waals surface area contributed by atoms with Gasteiger partial charge in [-0.15, -0.1) is 0 Å². The lowest BCUT2D eigenvalue weighted by molar-refractivity contribution is -0.143. The minimum Gasteiger partial charge on any atom is -0.322 e. The van der Waals surface area contributed by atoms with E-state index in [1.807, 2.05) is 0 Å². The highest BCUT2D eigenvalue weighted by molar-refractivity contribution is 14.1. The molecule has 0 atom stereocenters. The van der Waals surface area contributed by atoms with Crippen molar-refractivity contribution >= 4 is 45.8 Å². The number of halogens is 5. The molecule has 0 fully saturated rings. The first-order valence-corrected chi connectivity index (χ1v) is 8.69. The zero-order valence-electron chi connectivity index (χ0n) is 12.9. The molecule has 0 spiro atoms. The van der Waals surface area contributed by atoms with E-state index in [9.17, 15) is 18.0 Å². The van der Waals surface area contributed by atoms with E-state index in [0.717, 1.165) is 9.77 Å². The second kappa shape index (κ2) is 7.28. The first-order chi connectivity index (χ1) is 12.3. The van der Waals surface area contributed by atoms with Gasteiger partial charge in [-0.2, -0.15) is 18.3 Å². The highest BCUT2D eigenvalue weighted by atomic mass is 127. The van der Waals surface area contributed by atoms with E-state index in [0.29, 0.717) is 10.4 Å². The molecule has 0 aliphatic carbocycles. The van der Waals surface area contributed by atoms with Crippen LogP contribution in [0, 0.1) is 3.57 Å². The molecule has 1 aromatic heterocycles. The van der Waals surface area contributed by atoms with Gasteiger partial charge in [0.05, 0.1) is 17.4 Å². The Kier molecular flexibility index (Phi) is 5.24. The normalized spacial score (nSPS) is 11.4. The average Bonchev–Trinajstić information content (AvgIpc) is 3.02. The van der Waals surface area contributed by atoms with Crippen molar-refractivity contribution in [1.82, 2.24) is 9.78 Å². The first kappa shape index (κ1) is 18.7. The number of alkyl halides is 3. The zero-order chi connectivity index (χ0) is 18.9. The van der Waals surface area contributed by atoms with Gasteiger partial charge in [-0.05, 0) is 65.1 Å². The Morgan fingerprint density at radius 1 is 1.15 bits per heavy atom. The summed E-state index contributed by atoms with van der Waals surface area (Å²) in [6, 6.07) is 12.5. The van der Waals surface area contributed by atoms with Crippen LogP contribution in [0.5, 0.6) is 0 Å². The Balaban J connectivity index is 2.02. The molecule has 2 aromatic carbocycles. The summed E-state index contributed by atoms with van der Waals surface area (Å²) in [6.45, 7) is 0. The lowest BCUT2D eigenvalue weighted by atomic mass is 10.2. The van der Waals surface area contributed by atoms with Crippen LogP contribution in [0.25, 0.3) is 5.69 Å². The zero-order valence-corrected chi connectivity index (χ0v) is 15.8. The molecule has 0 radical (unpaired) electrons. The molecule has 0 bridgehead atoms. The molecule has 1 heterocycles. The number of carbonyl (C=O) groups excluding carboxylic acids is 1. The summed E-state index contributed by atoms with van der Waals surface area (Å²) < 4.78 is 42.4. The predicted octanol–water partition coefficient (Wildman–Crippen LogP) is 5.40. The maximum absolute atomic E-state index is 13.6. The standard InChI is InChI=1S/C17H10ClF3IN3O/c18-10-2-1-3-13(8-10)25-15(17(19,20)21)14(9-23-25)16(26)24-12-6-4-11(22)5-7-12/h1-9H,(H,24,26). The van der Waals surface area contributed by atoms with Crippen molar-refractivity contribution in [3.8, 4) is 5.69 Å². The summed E-state index contributed by atoms with van der Waals surface area (Å²) in [7, 11) is 0. The number of hydrogen-bond acceptors (Lipinski definition) is 2. The largest absolute Gasteiger partial charge is 0.434 e. The van der Waals surface area contributed by atoms with Crippen LogP contribution in [0.2, 0.25) is 5.02 Å². The maximum atomic E-state index is 13.6. The number of rotatable bonds is 3. The summed E-state index contributed by atoms with van der Waals surface area (Å²) in [5.74, 6) is -0.896. The number of amides is 1. The van der Waals surface area contributed by atoms with Gasteiger partial charge in [-0.25, -0.2) is 4.68 Å². The first-order valence-electron chi connectivity index (χ1n) is 7.24. The molecular weight excluding hydrogens is 482 g/mol. The van der Waals surface area contributed by atoms with Crippen molar-refractivity contribution < 1.29 is 18.0 Å². The molecule has 134 valence electrons. The Morgan fingerprint density at radius 3 is 2.46 bits per heavy atom. The van der Waals surface area contributed by atoms with E-state index < -0.39 is 23.3 Å². The van der Waals surface area contributed by atoms with Gasteiger partial charge < -0.3 is 5.32 Å². The van der Waals surface area contributed by atoms with Crippen molar-refractivity contribution in [1.29, 1.82) is 0 Å². The number of anilines is 1. The minimum atomic E-state index is -4.78. The summed E-state index contributed by atoms with van der Waals surface area (Å²) in [4.78, 5) is 12.4. The molecule has 4 nitrogen and oxygen atoms in total. The third-order valence-electron chi connectivity index (χ3n) is 3.44. The van der Waals surface area contributed by atoms with Gasteiger partial charge in [0.1, 0.15) is 0 Å². The van der Waals surface area contributed by atoms with Crippen LogP contribution in [0.15, 0.2) is 54.7 Å². The van der Waals surface area contributed by atoms with Gasteiger partial charge in [0.15, 0.2) is 5.69 Å². The molecule has 3 rings (SSSR count). The van der Waals surface area contributed by atoms with Crippen molar-refractivity contribution in [2.24, 2.45) is 0 Å². The Morgan fingerprint density at radius 2 is 1.85 bits per heavy atom. The van der Waals surface area contributed by atoms with E-state index in [1.165, 1.54) is 24.3 Å². The molecule has 0 saturated heterocycles. The smallest absolute Gasteiger partial charge is 0.322 e. The lowest BCUT2D eigenvalue weighted by Crippen LogP contribution is -2.20. The van der Waals surface area contributed by atoms with Crippen molar-refractivity contribution in [3.05, 3.63) is 74.6 Å². The molecule has 0 saturated carbocycles. The molecule has 1 amide bonds. The molecule has 26 heavy (non-hydrogen) atoms. The number of nitrogens with zero attached hydrogens (tertiary/aromatic N) is 2. The molecule has 3 aromatic rings. The number of carbonyl (C=O) groups is 1. The second-order valence-corrected chi connectivity index (χ2v) is 6.94. The van der Waals surface area contributed by atoms with Crippen LogP contribution in [-0.2, 0) is 6.18 Å². The molecular formula is C17H10ClF3IN3O. The van der Waals surface area contributed by atoms with Gasteiger partial charge in [0.2, 0.25) is 0 Å². The average molecular weight is 492 g/mol. The predicted molar refractivity (Wildman–Crippen MR) is 101 cm³/mol. The van der Waals surface area contributed by atoms with Gasteiger partial charge in [-0.1, -0.05) is 17.7 Å².